The maximum absolute atomic E-state index is 13.4. The minimum absolute atomic E-state index is 0.0788. The van der Waals surface area contributed by atoms with E-state index in [2.05, 4.69) is 0 Å². The van der Waals surface area contributed by atoms with Crippen LogP contribution in [0.1, 0.15) is 30.4 Å². The molecule has 3 heteroatoms. The Morgan fingerprint density at radius 3 is 2.40 bits per heavy atom. The van der Waals surface area contributed by atoms with Crippen LogP contribution < -0.4 is 4.74 Å². The summed E-state index contributed by atoms with van der Waals surface area (Å²) in [7, 11) is 1.61. The highest BCUT2D eigenvalue weighted by Gasteiger charge is 2.17. The lowest BCUT2D eigenvalue weighted by molar-refractivity contribution is -0.117. The molecule has 104 valence electrons. The van der Waals surface area contributed by atoms with E-state index in [-0.39, 0.29) is 17.5 Å². The number of hydrogen-bond acceptors (Lipinski definition) is 2. The van der Waals surface area contributed by atoms with E-state index in [1.807, 2.05) is 30.3 Å². The molecule has 0 aliphatic rings. The summed E-state index contributed by atoms with van der Waals surface area (Å²) >= 11 is 0. The predicted octanol–water partition coefficient (Wildman–Crippen LogP) is 3.95. The largest absolute Gasteiger partial charge is 0.497 e. The van der Waals surface area contributed by atoms with Gasteiger partial charge >= 0.3 is 0 Å². The van der Waals surface area contributed by atoms with Gasteiger partial charge in [-0.1, -0.05) is 24.3 Å². The molecule has 0 spiro atoms. The Hall–Kier alpha value is -2.16. The molecule has 0 fully saturated rings. The molecular formula is C17H17FO2. The zero-order valence-corrected chi connectivity index (χ0v) is 11.6. The van der Waals surface area contributed by atoms with Crippen molar-refractivity contribution in [2.24, 2.45) is 0 Å². The fraction of sp³-hybridized carbons (Fsp3) is 0.235. The Kier molecular flexibility index (Phi) is 4.51. The van der Waals surface area contributed by atoms with Crippen molar-refractivity contribution in [2.75, 3.05) is 7.11 Å². The molecule has 0 aromatic heterocycles. The zero-order chi connectivity index (χ0) is 14.5. The summed E-state index contributed by atoms with van der Waals surface area (Å²) < 4.78 is 18.5. The van der Waals surface area contributed by atoms with Crippen LogP contribution in [0.25, 0.3) is 0 Å². The molecule has 2 rings (SSSR count). The fourth-order valence-corrected chi connectivity index (χ4v) is 2.28. The standard InChI is InChI=1S/C17H17FO2/c1-12(19)10-17(14-4-3-5-15(18)11-14)13-6-8-16(20-2)9-7-13/h3-9,11,17H,10H2,1-2H3. The van der Waals surface area contributed by atoms with E-state index in [0.29, 0.717) is 6.42 Å². The Morgan fingerprint density at radius 2 is 1.85 bits per heavy atom. The number of benzene rings is 2. The molecule has 0 heterocycles. The van der Waals surface area contributed by atoms with Crippen molar-refractivity contribution in [3.05, 3.63) is 65.5 Å². The molecular weight excluding hydrogens is 255 g/mol. The van der Waals surface area contributed by atoms with Crippen LogP contribution in [0.2, 0.25) is 0 Å². The second-order valence-corrected chi connectivity index (χ2v) is 4.79. The van der Waals surface area contributed by atoms with Gasteiger partial charge in [0.05, 0.1) is 7.11 Å². The lowest BCUT2D eigenvalue weighted by atomic mass is 9.87. The molecule has 2 aromatic rings. The molecule has 0 amide bonds. The van der Waals surface area contributed by atoms with Gasteiger partial charge in [-0.05, 0) is 42.3 Å². The molecule has 2 aromatic carbocycles. The summed E-state index contributed by atoms with van der Waals surface area (Å²) in [6.45, 7) is 1.55. The van der Waals surface area contributed by atoms with Gasteiger partial charge in [-0.2, -0.15) is 0 Å². The van der Waals surface area contributed by atoms with Crippen molar-refractivity contribution < 1.29 is 13.9 Å². The number of halogens is 1. The number of ketones is 1. The van der Waals surface area contributed by atoms with Crippen molar-refractivity contribution in [2.45, 2.75) is 19.3 Å². The van der Waals surface area contributed by atoms with Crippen molar-refractivity contribution in [1.82, 2.24) is 0 Å². The summed E-state index contributed by atoms with van der Waals surface area (Å²) in [4.78, 5) is 11.5. The summed E-state index contributed by atoms with van der Waals surface area (Å²) in [6, 6.07) is 13.9. The Balaban J connectivity index is 2.38. The van der Waals surface area contributed by atoms with E-state index in [1.54, 1.807) is 20.1 Å². The molecule has 0 aliphatic carbocycles. The Morgan fingerprint density at radius 1 is 1.15 bits per heavy atom. The van der Waals surface area contributed by atoms with Crippen LogP contribution in [0.3, 0.4) is 0 Å². The van der Waals surface area contributed by atoms with Crippen LogP contribution in [-0.2, 0) is 4.79 Å². The predicted molar refractivity (Wildman–Crippen MR) is 76.5 cm³/mol. The first-order valence-corrected chi connectivity index (χ1v) is 6.49. The molecule has 0 N–H and O–H groups in total. The van der Waals surface area contributed by atoms with Gasteiger partial charge in [0.1, 0.15) is 17.3 Å². The first-order valence-electron chi connectivity index (χ1n) is 6.49. The van der Waals surface area contributed by atoms with E-state index in [9.17, 15) is 9.18 Å². The lowest BCUT2D eigenvalue weighted by Gasteiger charge is -2.17. The monoisotopic (exact) mass is 272 g/mol. The first-order chi connectivity index (χ1) is 9.60. The van der Waals surface area contributed by atoms with E-state index in [4.69, 9.17) is 4.74 Å². The lowest BCUT2D eigenvalue weighted by Crippen LogP contribution is -2.06. The SMILES string of the molecule is COc1ccc(C(CC(C)=O)c2cccc(F)c2)cc1. The number of carbonyl (C=O) groups excluding carboxylic acids is 1. The zero-order valence-electron chi connectivity index (χ0n) is 11.6. The van der Waals surface area contributed by atoms with Gasteiger partial charge < -0.3 is 4.74 Å². The minimum atomic E-state index is -0.287. The van der Waals surface area contributed by atoms with E-state index in [0.717, 1.165) is 16.9 Å². The summed E-state index contributed by atoms with van der Waals surface area (Å²) in [5.41, 5.74) is 1.79. The van der Waals surface area contributed by atoms with E-state index < -0.39 is 0 Å². The van der Waals surface area contributed by atoms with Crippen LogP contribution in [0, 0.1) is 5.82 Å². The number of Topliss-reactive ketones (excluding diaryl/α,β-unsaturated/α-hetero) is 1. The third kappa shape index (κ3) is 3.44. The van der Waals surface area contributed by atoms with Gasteiger partial charge in [0.2, 0.25) is 0 Å². The maximum Gasteiger partial charge on any atom is 0.130 e. The highest BCUT2D eigenvalue weighted by atomic mass is 19.1. The van der Waals surface area contributed by atoms with Gasteiger partial charge in [-0.15, -0.1) is 0 Å². The average Bonchev–Trinajstić information content (AvgIpc) is 2.45. The molecule has 0 aliphatic heterocycles. The molecule has 0 saturated heterocycles. The van der Waals surface area contributed by atoms with E-state index in [1.165, 1.54) is 12.1 Å². The third-order valence-corrected chi connectivity index (χ3v) is 3.26. The molecule has 0 radical (unpaired) electrons. The number of rotatable bonds is 5. The van der Waals surface area contributed by atoms with Gasteiger partial charge in [0, 0.05) is 12.3 Å². The average molecular weight is 272 g/mol. The van der Waals surface area contributed by atoms with Crippen LogP contribution >= 0.6 is 0 Å². The van der Waals surface area contributed by atoms with Crippen molar-refractivity contribution in [1.29, 1.82) is 0 Å². The molecule has 20 heavy (non-hydrogen) atoms. The number of hydrogen-bond donors (Lipinski definition) is 0. The molecule has 1 atom stereocenters. The Labute approximate surface area is 118 Å². The minimum Gasteiger partial charge on any atom is -0.497 e. The van der Waals surface area contributed by atoms with Gasteiger partial charge in [0.15, 0.2) is 0 Å². The summed E-state index contributed by atoms with van der Waals surface area (Å²) in [5.74, 6) is 0.420. The van der Waals surface area contributed by atoms with Crippen LogP contribution in [0.5, 0.6) is 5.75 Å². The molecule has 1 unspecified atom stereocenters. The number of ether oxygens (including phenoxy) is 1. The van der Waals surface area contributed by atoms with Crippen LogP contribution in [0.15, 0.2) is 48.5 Å². The van der Waals surface area contributed by atoms with Gasteiger partial charge in [-0.25, -0.2) is 4.39 Å². The van der Waals surface area contributed by atoms with Crippen LogP contribution in [-0.4, -0.2) is 12.9 Å². The number of methoxy groups -OCH3 is 1. The summed E-state index contributed by atoms with van der Waals surface area (Å²) in [5, 5.41) is 0. The highest BCUT2D eigenvalue weighted by Crippen LogP contribution is 2.29. The van der Waals surface area contributed by atoms with Crippen molar-refractivity contribution in [3.63, 3.8) is 0 Å². The molecule has 0 bridgehead atoms. The normalized spacial score (nSPS) is 11.9. The quantitative estimate of drug-likeness (QED) is 0.824. The fourth-order valence-electron chi connectivity index (χ4n) is 2.28. The third-order valence-electron chi connectivity index (χ3n) is 3.26. The number of carbonyl (C=O) groups is 1. The topological polar surface area (TPSA) is 26.3 Å². The maximum atomic E-state index is 13.4. The first kappa shape index (κ1) is 14.3. The van der Waals surface area contributed by atoms with Crippen molar-refractivity contribution >= 4 is 5.78 Å². The molecule has 2 nitrogen and oxygen atoms in total. The van der Waals surface area contributed by atoms with E-state index >= 15 is 0 Å². The van der Waals surface area contributed by atoms with Crippen molar-refractivity contribution in [3.8, 4) is 5.75 Å². The van der Waals surface area contributed by atoms with Crippen LogP contribution in [0.4, 0.5) is 4.39 Å². The molecule has 0 saturated carbocycles. The highest BCUT2D eigenvalue weighted by molar-refractivity contribution is 5.77. The smallest absolute Gasteiger partial charge is 0.130 e. The Bertz CT molecular complexity index is 590. The van der Waals surface area contributed by atoms with Gasteiger partial charge in [-0.3, -0.25) is 4.79 Å². The second-order valence-electron chi connectivity index (χ2n) is 4.79. The second kappa shape index (κ2) is 6.33. The van der Waals surface area contributed by atoms with Gasteiger partial charge in [0.25, 0.3) is 0 Å². The summed E-state index contributed by atoms with van der Waals surface area (Å²) in [6.07, 6.45) is 0.357.